The number of hydrogen-bond donors (Lipinski definition) is 2. The van der Waals surface area contributed by atoms with E-state index in [2.05, 4.69) is 51.2 Å². The second kappa shape index (κ2) is 5.84. The normalized spacial score (nSPS) is 32.7. The summed E-state index contributed by atoms with van der Waals surface area (Å²) < 4.78 is 0. The third-order valence-corrected chi connectivity index (χ3v) is 6.59. The van der Waals surface area contributed by atoms with Crippen LogP contribution in [0.4, 0.5) is 5.82 Å². The van der Waals surface area contributed by atoms with Gasteiger partial charge >= 0.3 is 0 Å². The van der Waals surface area contributed by atoms with Crippen LogP contribution in [0, 0.1) is 12.8 Å². The van der Waals surface area contributed by atoms with Crippen LogP contribution in [-0.4, -0.2) is 57.6 Å². The van der Waals surface area contributed by atoms with Crippen LogP contribution < -0.4 is 5.73 Å². The minimum atomic E-state index is 0.0348. The minimum absolute atomic E-state index is 0.0348. The maximum absolute atomic E-state index is 13.2. The van der Waals surface area contributed by atoms with E-state index in [0.717, 1.165) is 19.6 Å². The zero-order chi connectivity index (χ0) is 17.8. The summed E-state index contributed by atoms with van der Waals surface area (Å²) in [6, 6.07) is 11.2. The van der Waals surface area contributed by atoms with Crippen molar-refractivity contribution in [2.45, 2.75) is 37.8 Å². The van der Waals surface area contributed by atoms with Gasteiger partial charge in [0, 0.05) is 24.6 Å². The molecule has 136 valence electrons. The highest BCUT2D eigenvalue weighted by molar-refractivity contribution is 5.93. The minimum Gasteiger partial charge on any atom is -0.382 e. The Labute approximate surface area is 153 Å². The van der Waals surface area contributed by atoms with Gasteiger partial charge in [0.25, 0.3) is 5.91 Å². The monoisotopic (exact) mass is 351 g/mol. The molecule has 6 nitrogen and oxygen atoms in total. The average Bonchev–Trinajstić information content (AvgIpc) is 3.28. The van der Waals surface area contributed by atoms with Gasteiger partial charge in [-0.05, 0) is 44.3 Å². The lowest BCUT2D eigenvalue weighted by molar-refractivity contribution is -0.00358. The first-order valence-electron chi connectivity index (χ1n) is 9.54. The number of carbonyl (C=O) groups is 1. The Morgan fingerprint density at radius 2 is 1.92 bits per heavy atom. The van der Waals surface area contributed by atoms with Gasteiger partial charge < -0.3 is 10.6 Å². The van der Waals surface area contributed by atoms with E-state index in [9.17, 15) is 4.79 Å². The van der Waals surface area contributed by atoms with E-state index in [1.807, 2.05) is 0 Å². The SMILES string of the molecule is Cc1ccc([C@H]2CN(C(=O)c3cc(N)n[nH]3)[C@@H]3C4CCN(CC4)[C@H]23)cc1. The van der Waals surface area contributed by atoms with E-state index >= 15 is 0 Å². The maximum atomic E-state index is 13.2. The van der Waals surface area contributed by atoms with Crippen LogP contribution >= 0.6 is 0 Å². The van der Waals surface area contributed by atoms with Crippen LogP contribution in [0.3, 0.4) is 0 Å². The number of nitrogens with two attached hydrogens (primary N) is 1. The first kappa shape index (κ1) is 15.9. The summed E-state index contributed by atoms with van der Waals surface area (Å²) in [6.45, 7) is 5.20. The van der Waals surface area contributed by atoms with Crippen molar-refractivity contribution in [2.75, 3.05) is 25.4 Å². The Hall–Kier alpha value is -2.34. The molecule has 3 N–H and O–H groups in total. The molecule has 4 fully saturated rings. The Balaban J connectivity index is 1.52. The van der Waals surface area contributed by atoms with Crippen molar-refractivity contribution in [3.05, 3.63) is 47.2 Å². The molecule has 4 saturated heterocycles. The Morgan fingerprint density at radius 1 is 1.19 bits per heavy atom. The number of fused-ring (bicyclic) bond motifs is 2. The molecule has 5 heterocycles. The predicted octanol–water partition coefficient (Wildman–Crippen LogP) is 2.00. The standard InChI is InChI=1S/C20H25N5O/c1-12-2-4-13(5-3-12)15-11-25(20(26)16-10-17(21)23-22-16)18-14-6-8-24(9-7-14)19(15)18/h2-5,10,14-15,18-19H,6-9,11H2,1H3,(H3,21,22,23)/t15-,18-,19-/m1/s1. The van der Waals surface area contributed by atoms with Crippen LogP contribution in [0.5, 0.6) is 0 Å². The quantitative estimate of drug-likeness (QED) is 0.867. The molecule has 0 spiro atoms. The van der Waals surface area contributed by atoms with E-state index in [0.29, 0.717) is 35.4 Å². The van der Waals surface area contributed by atoms with Crippen LogP contribution in [0.25, 0.3) is 0 Å². The smallest absolute Gasteiger partial charge is 0.272 e. The fraction of sp³-hybridized carbons (Fsp3) is 0.500. The molecule has 2 bridgehead atoms. The maximum Gasteiger partial charge on any atom is 0.272 e. The van der Waals surface area contributed by atoms with Crippen LogP contribution in [0.2, 0.25) is 0 Å². The van der Waals surface area contributed by atoms with Crippen LogP contribution in [-0.2, 0) is 0 Å². The Morgan fingerprint density at radius 3 is 2.58 bits per heavy atom. The van der Waals surface area contributed by atoms with Gasteiger partial charge in [0.2, 0.25) is 0 Å². The lowest BCUT2D eigenvalue weighted by atomic mass is 9.75. The molecular formula is C20H25N5O. The molecule has 2 aromatic rings. The number of nitrogens with one attached hydrogen (secondary N) is 1. The molecule has 0 radical (unpaired) electrons. The lowest BCUT2D eigenvalue weighted by Gasteiger charge is -2.51. The topological polar surface area (TPSA) is 78.2 Å². The third kappa shape index (κ3) is 2.35. The summed E-state index contributed by atoms with van der Waals surface area (Å²) in [4.78, 5) is 17.9. The van der Waals surface area contributed by atoms with Gasteiger partial charge in [0.15, 0.2) is 0 Å². The molecular weight excluding hydrogens is 326 g/mol. The highest BCUT2D eigenvalue weighted by atomic mass is 16.2. The number of nitrogens with zero attached hydrogens (tertiary/aromatic N) is 3. The van der Waals surface area contributed by atoms with Crippen molar-refractivity contribution in [1.29, 1.82) is 0 Å². The lowest BCUT2D eigenvalue weighted by Crippen LogP contribution is -2.60. The molecule has 6 rings (SSSR count). The number of rotatable bonds is 2. The molecule has 3 atom stereocenters. The highest BCUT2D eigenvalue weighted by Crippen LogP contribution is 2.46. The predicted molar refractivity (Wildman–Crippen MR) is 99.8 cm³/mol. The molecule has 26 heavy (non-hydrogen) atoms. The summed E-state index contributed by atoms with van der Waals surface area (Å²) in [6.07, 6.45) is 2.38. The third-order valence-electron chi connectivity index (χ3n) is 6.59. The van der Waals surface area contributed by atoms with Crippen molar-refractivity contribution in [3.63, 3.8) is 0 Å². The second-order valence-electron chi connectivity index (χ2n) is 8.04. The molecule has 1 aromatic heterocycles. The van der Waals surface area contributed by atoms with Gasteiger partial charge in [-0.3, -0.25) is 14.8 Å². The van der Waals surface area contributed by atoms with Crippen molar-refractivity contribution < 1.29 is 4.79 Å². The largest absolute Gasteiger partial charge is 0.382 e. The fourth-order valence-corrected chi connectivity index (χ4v) is 5.36. The number of H-pyrrole nitrogens is 1. The molecule has 4 aliphatic heterocycles. The van der Waals surface area contributed by atoms with Crippen molar-refractivity contribution >= 4 is 11.7 Å². The number of nitrogen functional groups attached to an aromatic ring is 1. The van der Waals surface area contributed by atoms with Crippen LogP contribution in [0.15, 0.2) is 30.3 Å². The zero-order valence-electron chi connectivity index (χ0n) is 15.1. The average molecular weight is 351 g/mol. The second-order valence-corrected chi connectivity index (χ2v) is 8.04. The van der Waals surface area contributed by atoms with Gasteiger partial charge in [-0.1, -0.05) is 29.8 Å². The fourth-order valence-electron chi connectivity index (χ4n) is 5.36. The number of hydrogen-bond acceptors (Lipinski definition) is 4. The molecule has 0 unspecified atom stereocenters. The van der Waals surface area contributed by atoms with E-state index in [-0.39, 0.29) is 5.91 Å². The number of piperidine rings is 3. The van der Waals surface area contributed by atoms with Gasteiger partial charge in [-0.25, -0.2) is 0 Å². The number of likely N-dealkylation sites (tertiary alicyclic amines) is 1. The number of aromatic amines is 1. The number of aromatic nitrogens is 2. The highest BCUT2D eigenvalue weighted by Gasteiger charge is 2.54. The number of amides is 1. The zero-order valence-corrected chi connectivity index (χ0v) is 15.1. The summed E-state index contributed by atoms with van der Waals surface area (Å²) in [5.74, 6) is 1.37. The van der Waals surface area contributed by atoms with Gasteiger partial charge in [0.1, 0.15) is 11.5 Å². The molecule has 4 aliphatic rings. The van der Waals surface area contributed by atoms with Gasteiger partial charge in [-0.15, -0.1) is 0 Å². The first-order valence-corrected chi connectivity index (χ1v) is 9.54. The number of carbonyl (C=O) groups excluding carboxylic acids is 1. The van der Waals surface area contributed by atoms with Gasteiger partial charge in [0.05, 0.1) is 6.04 Å². The number of benzene rings is 1. The van der Waals surface area contributed by atoms with Crippen LogP contribution in [0.1, 0.15) is 40.4 Å². The molecule has 0 aliphatic carbocycles. The van der Waals surface area contributed by atoms with Crippen molar-refractivity contribution in [3.8, 4) is 0 Å². The molecule has 6 heteroatoms. The van der Waals surface area contributed by atoms with E-state index in [4.69, 9.17) is 5.73 Å². The molecule has 1 amide bonds. The Kier molecular flexibility index (Phi) is 3.57. The van der Waals surface area contributed by atoms with E-state index < -0.39 is 0 Å². The Bertz CT molecular complexity index is 821. The first-order chi connectivity index (χ1) is 12.6. The van der Waals surface area contributed by atoms with E-state index in [1.54, 1.807) is 6.07 Å². The summed E-state index contributed by atoms with van der Waals surface area (Å²) in [7, 11) is 0. The summed E-state index contributed by atoms with van der Waals surface area (Å²) in [5.41, 5.74) is 8.84. The van der Waals surface area contributed by atoms with Gasteiger partial charge in [-0.2, -0.15) is 5.10 Å². The molecule has 0 saturated carbocycles. The summed E-state index contributed by atoms with van der Waals surface area (Å²) in [5, 5.41) is 6.75. The van der Waals surface area contributed by atoms with Crippen molar-refractivity contribution in [1.82, 2.24) is 20.0 Å². The number of anilines is 1. The van der Waals surface area contributed by atoms with Crippen molar-refractivity contribution in [2.24, 2.45) is 5.92 Å². The summed E-state index contributed by atoms with van der Waals surface area (Å²) >= 11 is 0. The molecule has 1 aromatic carbocycles. The number of aryl methyl sites for hydroxylation is 1. The van der Waals surface area contributed by atoms with E-state index in [1.165, 1.54) is 24.0 Å².